The smallest absolute Gasteiger partial charge is 0.337 e. The molecule has 1 N–H and O–H groups in total. The fourth-order valence-electron chi connectivity index (χ4n) is 3.98. The summed E-state index contributed by atoms with van der Waals surface area (Å²) in [6, 6.07) is 14.1. The minimum Gasteiger partial charge on any atom is -0.489 e. The minimum absolute atomic E-state index is 0.137. The van der Waals surface area contributed by atoms with Crippen LogP contribution in [0, 0.1) is 0 Å². The Bertz CT molecular complexity index is 850. The molecule has 0 aromatic heterocycles. The van der Waals surface area contributed by atoms with E-state index in [0.29, 0.717) is 12.2 Å². The zero-order valence-corrected chi connectivity index (χ0v) is 17.7. The lowest BCUT2D eigenvalue weighted by molar-refractivity contribution is 0.0600. The Morgan fingerprint density at radius 1 is 1.21 bits per heavy atom. The summed E-state index contributed by atoms with van der Waals surface area (Å²) >= 11 is 1.93. The Balaban J connectivity index is 1.59. The molecule has 0 spiro atoms. The molecule has 2 aromatic rings. The van der Waals surface area contributed by atoms with Gasteiger partial charge in [0.15, 0.2) is 0 Å². The zero-order valence-electron chi connectivity index (χ0n) is 16.9. The average Bonchev–Trinajstić information content (AvgIpc) is 3.11. The largest absolute Gasteiger partial charge is 0.489 e. The number of ether oxygens (including phenoxy) is 2. The van der Waals surface area contributed by atoms with E-state index >= 15 is 0 Å². The van der Waals surface area contributed by atoms with Crippen molar-refractivity contribution >= 4 is 17.7 Å². The predicted octanol–water partition coefficient (Wildman–Crippen LogP) is 3.48. The van der Waals surface area contributed by atoms with E-state index in [1.54, 1.807) is 6.07 Å². The van der Waals surface area contributed by atoms with Crippen molar-refractivity contribution in [1.82, 2.24) is 10.2 Å². The van der Waals surface area contributed by atoms with Gasteiger partial charge in [-0.15, -0.1) is 11.8 Å². The monoisotopic (exact) mass is 412 g/mol. The second kappa shape index (κ2) is 9.65. The molecule has 4 rings (SSSR count). The van der Waals surface area contributed by atoms with Gasteiger partial charge in [-0.05, 0) is 48.8 Å². The molecule has 1 fully saturated rings. The van der Waals surface area contributed by atoms with Crippen molar-refractivity contribution in [3.63, 3.8) is 0 Å². The van der Waals surface area contributed by atoms with Crippen molar-refractivity contribution < 1.29 is 14.3 Å². The first-order chi connectivity index (χ1) is 14.3. The Morgan fingerprint density at radius 3 is 3.00 bits per heavy atom. The Kier molecular flexibility index (Phi) is 6.74. The summed E-state index contributed by atoms with van der Waals surface area (Å²) in [5.41, 5.74) is 4.11. The van der Waals surface area contributed by atoms with E-state index in [1.165, 1.54) is 24.7 Å². The van der Waals surface area contributed by atoms with Crippen LogP contribution in [0.5, 0.6) is 5.75 Å². The normalized spacial score (nSPS) is 19.3. The van der Waals surface area contributed by atoms with Crippen molar-refractivity contribution in [2.75, 3.05) is 45.6 Å². The number of benzene rings is 2. The lowest BCUT2D eigenvalue weighted by Gasteiger charge is -2.23. The van der Waals surface area contributed by atoms with Crippen molar-refractivity contribution in [3.05, 3.63) is 64.7 Å². The van der Waals surface area contributed by atoms with E-state index in [0.717, 1.165) is 49.8 Å². The van der Waals surface area contributed by atoms with Crippen LogP contribution in [0.15, 0.2) is 42.5 Å². The molecular weight excluding hydrogens is 384 g/mol. The van der Waals surface area contributed by atoms with Gasteiger partial charge in [0.05, 0.1) is 17.9 Å². The van der Waals surface area contributed by atoms with Gasteiger partial charge < -0.3 is 19.7 Å². The highest BCUT2D eigenvalue weighted by Gasteiger charge is 2.26. The third kappa shape index (κ3) is 4.77. The van der Waals surface area contributed by atoms with Crippen LogP contribution in [0.3, 0.4) is 0 Å². The number of carbonyl (C=O) groups excluding carboxylic acids is 1. The van der Waals surface area contributed by atoms with E-state index in [9.17, 15) is 4.79 Å². The van der Waals surface area contributed by atoms with Crippen molar-refractivity contribution in [3.8, 4) is 5.75 Å². The third-order valence-electron chi connectivity index (χ3n) is 5.56. The fourth-order valence-corrected chi connectivity index (χ4v) is 5.35. The summed E-state index contributed by atoms with van der Waals surface area (Å²) in [5, 5.41) is 3.60. The summed E-state index contributed by atoms with van der Waals surface area (Å²) in [5.74, 6) is 1.57. The molecule has 2 heterocycles. The number of rotatable bonds is 5. The molecule has 29 heavy (non-hydrogen) atoms. The summed E-state index contributed by atoms with van der Waals surface area (Å²) in [4.78, 5) is 14.6. The Hall–Kier alpha value is -2.02. The number of esters is 1. The number of carbonyl (C=O) groups is 1. The molecule has 2 aromatic carbocycles. The highest BCUT2D eigenvalue weighted by atomic mass is 32.2. The van der Waals surface area contributed by atoms with Gasteiger partial charge in [-0.25, -0.2) is 4.79 Å². The molecule has 0 bridgehead atoms. The molecule has 5 nitrogen and oxygen atoms in total. The molecule has 0 amide bonds. The zero-order chi connectivity index (χ0) is 20.1. The van der Waals surface area contributed by atoms with Crippen LogP contribution in [0.2, 0.25) is 0 Å². The van der Waals surface area contributed by atoms with Gasteiger partial charge in [0.1, 0.15) is 12.4 Å². The molecule has 0 radical (unpaired) electrons. The summed E-state index contributed by atoms with van der Waals surface area (Å²) in [7, 11) is 1.42. The number of thioether (sulfide) groups is 1. The van der Waals surface area contributed by atoms with E-state index in [-0.39, 0.29) is 11.2 Å². The van der Waals surface area contributed by atoms with Crippen LogP contribution in [0.1, 0.15) is 38.7 Å². The molecule has 2 aliphatic heterocycles. The third-order valence-corrected chi connectivity index (χ3v) is 6.82. The summed E-state index contributed by atoms with van der Waals surface area (Å²) < 4.78 is 11.0. The average molecular weight is 413 g/mol. The fraction of sp³-hybridized carbons (Fsp3) is 0.435. The number of hydrogen-bond acceptors (Lipinski definition) is 6. The van der Waals surface area contributed by atoms with Crippen LogP contribution >= 0.6 is 11.8 Å². The molecule has 1 saturated heterocycles. The standard InChI is InChI=1S/C23H28N2O3S/c1-27-23(26)17-7-8-21-20(15-17)22(19-6-3-2-5-18(19)16-28-21)29-14-13-25-11-4-9-24-10-12-25/h2-3,5-8,15,22,24H,4,9-14,16H2,1H3. The van der Waals surface area contributed by atoms with Crippen molar-refractivity contribution in [1.29, 1.82) is 0 Å². The van der Waals surface area contributed by atoms with Gasteiger partial charge in [0, 0.05) is 31.0 Å². The van der Waals surface area contributed by atoms with Gasteiger partial charge in [-0.2, -0.15) is 0 Å². The first-order valence-electron chi connectivity index (χ1n) is 10.2. The van der Waals surface area contributed by atoms with Gasteiger partial charge in [0.25, 0.3) is 0 Å². The second-order valence-corrected chi connectivity index (χ2v) is 8.64. The van der Waals surface area contributed by atoms with Crippen molar-refractivity contribution in [2.24, 2.45) is 0 Å². The number of fused-ring (bicyclic) bond motifs is 2. The number of hydrogen-bond donors (Lipinski definition) is 1. The Labute approximate surface area is 176 Å². The molecular formula is C23H28N2O3S. The topological polar surface area (TPSA) is 50.8 Å². The van der Waals surface area contributed by atoms with Crippen LogP contribution in [0.25, 0.3) is 0 Å². The molecule has 6 heteroatoms. The van der Waals surface area contributed by atoms with Crippen LogP contribution in [-0.4, -0.2) is 56.5 Å². The molecule has 1 atom stereocenters. The molecule has 0 saturated carbocycles. The molecule has 154 valence electrons. The van der Waals surface area contributed by atoms with Crippen molar-refractivity contribution in [2.45, 2.75) is 18.3 Å². The minimum atomic E-state index is -0.314. The van der Waals surface area contributed by atoms with Gasteiger partial charge in [-0.3, -0.25) is 0 Å². The highest BCUT2D eigenvalue weighted by molar-refractivity contribution is 7.99. The SMILES string of the molecule is COC(=O)c1ccc2c(c1)C(SCCN1CCCNCC1)c1ccccc1CO2. The number of nitrogens with zero attached hydrogens (tertiary/aromatic N) is 1. The molecule has 2 aliphatic rings. The maximum atomic E-state index is 12.1. The van der Waals surface area contributed by atoms with Crippen LogP contribution in [-0.2, 0) is 11.3 Å². The Morgan fingerprint density at radius 2 is 2.10 bits per heavy atom. The van der Waals surface area contributed by atoms with Gasteiger partial charge >= 0.3 is 5.97 Å². The van der Waals surface area contributed by atoms with E-state index < -0.39 is 0 Å². The molecule has 1 unspecified atom stereocenters. The maximum absolute atomic E-state index is 12.1. The summed E-state index contributed by atoms with van der Waals surface area (Å²) in [6.07, 6.45) is 1.20. The first-order valence-corrected chi connectivity index (χ1v) is 11.3. The number of methoxy groups -OCH3 is 1. The van der Waals surface area contributed by atoms with Crippen LogP contribution < -0.4 is 10.1 Å². The van der Waals surface area contributed by atoms with E-state index in [4.69, 9.17) is 9.47 Å². The quantitative estimate of drug-likeness (QED) is 0.759. The first kappa shape index (κ1) is 20.3. The lowest BCUT2D eigenvalue weighted by Crippen LogP contribution is -2.30. The molecule has 0 aliphatic carbocycles. The maximum Gasteiger partial charge on any atom is 0.337 e. The van der Waals surface area contributed by atoms with Crippen LogP contribution in [0.4, 0.5) is 0 Å². The van der Waals surface area contributed by atoms with Gasteiger partial charge in [-0.1, -0.05) is 24.3 Å². The van der Waals surface area contributed by atoms with Gasteiger partial charge in [0.2, 0.25) is 0 Å². The second-order valence-electron chi connectivity index (χ2n) is 7.43. The van der Waals surface area contributed by atoms with E-state index in [1.807, 2.05) is 23.9 Å². The lowest BCUT2D eigenvalue weighted by atomic mass is 9.98. The van der Waals surface area contributed by atoms with E-state index in [2.05, 4.69) is 34.5 Å². The number of nitrogens with one attached hydrogen (secondary N) is 1. The predicted molar refractivity (Wildman–Crippen MR) is 117 cm³/mol. The highest BCUT2D eigenvalue weighted by Crippen LogP contribution is 2.44. The summed E-state index contributed by atoms with van der Waals surface area (Å²) in [6.45, 7) is 6.05.